The molecule has 1 aromatic carbocycles. The Bertz CT molecular complexity index is 578. The third kappa shape index (κ3) is 5.56. The second-order valence-electron chi connectivity index (χ2n) is 6.89. The minimum atomic E-state index is -0.495. The summed E-state index contributed by atoms with van der Waals surface area (Å²) in [4.78, 5) is 26.6. The summed E-state index contributed by atoms with van der Waals surface area (Å²) < 4.78 is 0. The van der Waals surface area contributed by atoms with Crippen LogP contribution in [0.4, 0.5) is 5.69 Å². The van der Waals surface area contributed by atoms with Crippen LogP contribution in [0.15, 0.2) is 24.3 Å². The van der Waals surface area contributed by atoms with Crippen LogP contribution in [-0.2, 0) is 4.79 Å². The second-order valence-corrected chi connectivity index (χ2v) is 6.89. The van der Waals surface area contributed by atoms with E-state index in [4.69, 9.17) is 5.73 Å². The number of carbonyl (C=O) groups is 2. The molecule has 5 heteroatoms. The van der Waals surface area contributed by atoms with Gasteiger partial charge in [0.25, 0.3) is 5.91 Å². The van der Waals surface area contributed by atoms with Crippen LogP contribution in [0.25, 0.3) is 0 Å². The zero-order valence-corrected chi connectivity index (χ0v) is 15.5. The largest absolute Gasteiger partial charge is 0.339 e. The van der Waals surface area contributed by atoms with Crippen LogP contribution in [0.3, 0.4) is 0 Å². The molecule has 1 atom stereocenters. The summed E-state index contributed by atoms with van der Waals surface area (Å²) in [5.41, 5.74) is 7.31. The van der Waals surface area contributed by atoms with Gasteiger partial charge < -0.3 is 16.0 Å². The third-order valence-electron chi connectivity index (χ3n) is 5.08. The van der Waals surface area contributed by atoms with E-state index in [0.717, 1.165) is 6.42 Å². The molecule has 1 fully saturated rings. The van der Waals surface area contributed by atoms with Crippen molar-refractivity contribution in [1.29, 1.82) is 0 Å². The predicted molar refractivity (Wildman–Crippen MR) is 101 cm³/mol. The highest BCUT2D eigenvalue weighted by atomic mass is 16.2. The standard InChI is InChI=1S/C20H31N3O2/c1-3-23(4-2)20(25)16-11-8-12-17(14-16)22-19(24)18(21)13-15-9-6-5-7-10-15/h8,11-12,14-15,18H,3-7,9-10,13,21H2,1-2H3,(H,22,24). The molecule has 1 aliphatic carbocycles. The Balaban J connectivity index is 1.96. The molecule has 0 heterocycles. The number of anilines is 1. The van der Waals surface area contributed by atoms with Gasteiger partial charge in [0.15, 0.2) is 0 Å². The molecule has 0 spiro atoms. The Hall–Kier alpha value is -1.88. The molecule has 0 radical (unpaired) electrons. The Morgan fingerprint density at radius 3 is 2.52 bits per heavy atom. The van der Waals surface area contributed by atoms with Gasteiger partial charge in [-0.25, -0.2) is 0 Å². The quantitative estimate of drug-likeness (QED) is 0.795. The number of nitrogens with zero attached hydrogens (tertiary/aromatic N) is 1. The maximum absolute atomic E-state index is 12.4. The molecule has 3 N–H and O–H groups in total. The van der Waals surface area contributed by atoms with Gasteiger partial charge in [-0.15, -0.1) is 0 Å². The first kappa shape index (κ1) is 19.4. The first-order chi connectivity index (χ1) is 12.0. The summed E-state index contributed by atoms with van der Waals surface area (Å²) in [6, 6.07) is 6.60. The van der Waals surface area contributed by atoms with Crippen molar-refractivity contribution < 1.29 is 9.59 Å². The molecule has 25 heavy (non-hydrogen) atoms. The summed E-state index contributed by atoms with van der Waals surface area (Å²) >= 11 is 0. The average molecular weight is 345 g/mol. The van der Waals surface area contributed by atoms with Crippen LogP contribution >= 0.6 is 0 Å². The topological polar surface area (TPSA) is 75.4 Å². The van der Waals surface area contributed by atoms with E-state index < -0.39 is 6.04 Å². The van der Waals surface area contributed by atoms with E-state index in [-0.39, 0.29) is 11.8 Å². The highest BCUT2D eigenvalue weighted by Crippen LogP contribution is 2.27. The summed E-state index contributed by atoms with van der Waals surface area (Å²) in [6.45, 7) is 5.24. The maximum Gasteiger partial charge on any atom is 0.253 e. The van der Waals surface area contributed by atoms with Gasteiger partial charge in [0, 0.05) is 24.3 Å². The van der Waals surface area contributed by atoms with E-state index in [2.05, 4.69) is 5.32 Å². The number of nitrogens with one attached hydrogen (secondary N) is 1. The molecule has 1 saturated carbocycles. The fourth-order valence-electron chi connectivity index (χ4n) is 3.55. The Morgan fingerprint density at radius 1 is 1.20 bits per heavy atom. The predicted octanol–water partition coefficient (Wildman–Crippen LogP) is 3.40. The number of amides is 2. The van der Waals surface area contributed by atoms with Gasteiger partial charge >= 0.3 is 0 Å². The zero-order chi connectivity index (χ0) is 18.2. The van der Waals surface area contributed by atoms with E-state index in [0.29, 0.717) is 30.3 Å². The minimum Gasteiger partial charge on any atom is -0.339 e. The van der Waals surface area contributed by atoms with Crippen LogP contribution in [0, 0.1) is 5.92 Å². The monoisotopic (exact) mass is 345 g/mol. The Kier molecular flexibility index (Phi) is 7.44. The van der Waals surface area contributed by atoms with Gasteiger partial charge in [0.1, 0.15) is 0 Å². The van der Waals surface area contributed by atoms with E-state index in [1.807, 2.05) is 13.8 Å². The van der Waals surface area contributed by atoms with Crippen molar-refractivity contribution in [3.8, 4) is 0 Å². The summed E-state index contributed by atoms with van der Waals surface area (Å²) in [5.74, 6) is 0.371. The lowest BCUT2D eigenvalue weighted by molar-refractivity contribution is -0.117. The molecule has 2 rings (SSSR count). The normalized spacial score (nSPS) is 16.3. The molecule has 5 nitrogen and oxygen atoms in total. The lowest BCUT2D eigenvalue weighted by Crippen LogP contribution is -2.37. The number of hydrogen-bond donors (Lipinski definition) is 2. The molecule has 0 bridgehead atoms. The van der Waals surface area contributed by atoms with E-state index >= 15 is 0 Å². The molecular weight excluding hydrogens is 314 g/mol. The van der Waals surface area contributed by atoms with Crippen molar-refractivity contribution in [2.75, 3.05) is 18.4 Å². The molecule has 0 aromatic heterocycles. The second kappa shape index (κ2) is 9.56. The molecule has 1 aromatic rings. The minimum absolute atomic E-state index is 0.0207. The van der Waals surface area contributed by atoms with Crippen molar-refractivity contribution >= 4 is 17.5 Å². The zero-order valence-electron chi connectivity index (χ0n) is 15.5. The smallest absolute Gasteiger partial charge is 0.253 e. The number of hydrogen-bond acceptors (Lipinski definition) is 3. The Labute approximate surface area is 151 Å². The van der Waals surface area contributed by atoms with Crippen molar-refractivity contribution in [2.45, 2.75) is 58.4 Å². The van der Waals surface area contributed by atoms with Crippen molar-refractivity contribution in [1.82, 2.24) is 4.90 Å². The maximum atomic E-state index is 12.4. The van der Waals surface area contributed by atoms with Crippen LogP contribution in [-0.4, -0.2) is 35.8 Å². The lowest BCUT2D eigenvalue weighted by atomic mass is 9.85. The van der Waals surface area contributed by atoms with Gasteiger partial charge in [-0.05, 0) is 44.4 Å². The van der Waals surface area contributed by atoms with Crippen LogP contribution in [0.5, 0.6) is 0 Å². The van der Waals surface area contributed by atoms with Gasteiger partial charge in [0.2, 0.25) is 5.91 Å². The van der Waals surface area contributed by atoms with Gasteiger partial charge in [-0.3, -0.25) is 9.59 Å². The highest BCUT2D eigenvalue weighted by Gasteiger charge is 2.21. The number of nitrogens with two attached hydrogens (primary N) is 1. The molecule has 1 unspecified atom stereocenters. The fraction of sp³-hybridized carbons (Fsp3) is 0.600. The average Bonchev–Trinajstić information content (AvgIpc) is 2.63. The molecule has 2 amide bonds. The van der Waals surface area contributed by atoms with Crippen molar-refractivity contribution in [3.63, 3.8) is 0 Å². The van der Waals surface area contributed by atoms with Gasteiger partial charge in [-0.2, -0.15) is 0 Å². The first-order valence-electron chi connectivity index (χ1n) is 9.50. The van der Waals surface area contributed by atoms with Crippen molar-refractivity contribution in [2.24, 2.45) is 11.7 Å². The van der Waals surface area contributed by atoms with Gasteiger partial charge in [-0.1, -0.05) is 38.2 Å². The van der Waals surface area contributed by atoms with Crippen LogP contribution < -0.4 is 11.1 Å². The summed E-state index contributed by atoms with van der Waals surface area (Å²) in [6.07, 6.45) is 6.88. The van der Waals surface area contributed by atoms with Crippen molar-refractivity contribution in [3.05, 3.63) is 29.8 Å². The molecule has 0 saturated heterocycles. The summed E-state index contributed by atoms with van der Waals surface area (Å²) in [7, 11) is 0. The van der Waals surface area contributed by atoms with Gasteiger partial charge in [0.05, 0.1) is 6.04 Å². The molecule has 0 aliphatic heterocycles. The van der Waals surface area contributed by atoms with E-state index in [1.165, 1.54) is 32.1 Å². The molecule has 138 valence electrons. The SMILES string of the molecule is CCN(CC)C(=O)c1cccc(NC(=O)C(N)CC2CCCCC2)c1. The van der Waals surface area contributed by atoms with E-state index in [9.17, 15) is 9.59 Å². The number of benzene rings is 1. The first-order valence-corrected chi connectivity index (χ1v) is 9.50. The highest BCUT2D eigenvalue weighted by molar-refractivity contribution is 5.98. The Morgan fingerprint density at radius 2 is 1.88 bits per heavy atom. The summed E-state index contributed by atoms with van der Waals surface area (Å²) in [5, 5.41) is 2.87. The van der Waals surface area contributed by atoms with E-state index in [1.54, 1.807) is 29.2 Å². The van der Waals surface area contributed by atoms with Crippen LogP contribution in [0.1, 0.15) is 62.7 Å². The molecular formula is C20H31N3O2. The number of rotatable bonds is 7. The molecule has 1 aliphatic rings. The fourth-order valence-corrected chi connectivity index (χ4v) is 3.55. The number of carbonyl (C=O) groups excluding carboxylic acids is 2. The van der Waals surface area contributed by atoms with Crippen LogP contribution in [0.2, 0.25) is 0 Å². The lowest BCUT2D eigenvalue weighted by Gasteiger charge is -2.24. The third-order valence-corrected chi connectivity index (χ3v) is 5.08.